The Morgan fingerprint density at radius 3 is 2.55 bits per heavy atom. The molecule has 0 N–H and O–H groups in total. The summed E-state index contributed by atoms with van der Waals surface area (Å²) in [5.41, 5.74) is 2.70. The van der Waals surface area contributed by atoms with Gasteiger partial charge in [0.2, 0.25) is 11.4 Å². The summed E-state index contributed by atoms with van der Waals surface area (Å²) in [6, 6.07) is 15.0. The lowest BCUT2D eigenvalue weighted by Gasteiger charge is -2.35. The van der Waals surface area contributed by atoms with E-state index in [-0.39, 0.29) is 36.5 Å². The number of aryl methyl sites for hydroxylation is 1. The molecule has 49 heavy (non-hydrogen) atoms. The van der Waals surface area contributed by atoms with Crippen LogP contribution in [0.5, 0.6) is 0 Å². The Morgan fingerprint density at radius 2 is 1.80 bits per heavy atom. The number of hydrogen-bond donors (Lipinski definition) is 0. The van der Waals surface area contributed by atoms with E-state index >= 15 is 0 Å². The lowest BCUT2D eigenvalue weighted by molar-refractivity contribution is -0.175. The van der Waals surface area contributed by atoms with Gasteiger partial charge in [-0.1, -0.05) is 63.6 Å². The highest BCUT2D eigenvalue weighted by molar-refractivity contribution is 6.77. The van der Waals surface area contributed by atoms with Crippen molar-refractivity contribution >= 4 is 37.1 Å². The van der Waals surface area contributed by atoms with Gasteiger partial charge < -0.3 is 27.9 Å². The van der Waals surface area contributed by atoms with Crippen LogP contribution in [0.3, 0.4) is 0 Å². The number of esters is 2. The summed E-state index contributed by atoms with van der Waals surface area (Å²) in [4.78, 5) is 57.4. The second kappa shape index (κ2) is 14.0. The van der Waals surface area contributed by atoms with E-state index in [2.05, 4.69) is 19.2 Å². The Balaban J connectivity index is 1.29. The van der Waals surface area contributed by atoms with Crippen molar-refractivity contribution < 1.29 is 37.7 Å². The van der Waals surface area contributed by atoms with Crippen molar-refractivity contribution in [2.24, 2.45) is 0 Å². The molecule has 3 aromatic heterocycles. The minimum atomic E-state index is -1.81. The van der Waals surface area contributed by atoms with E-state index in [4.69, 9.17) is 28.3 Å². The molecule has 4 aromatic rings. The van der Waals surface area contributed by atoms with Crippen LogP contribution < -0.4 is 5.56 Å². The van der Waals surface area contributed by atoms with Gasteiger partial charge in [0.05, 0.1) is 48.5 Å². The summed E-state index contributed by atoms with van der Waals surface area (Å²) in [7, 11) is -1.73. The largest absolute Gasteiger partial charge is 0.509 e. The van der Waals surface area contributed by atoms with Crippen molar-refractivity contribution in [3.63, 3.8) is 0 Å². The number of hydrogen-bond acceptors (Lipinski definition) is 10. The first-order valence-electron chi connectivity index (χ1n) is 17.0. The van der Waals surface area contributed by atoms with Crippen molar-refractivity contribution in [1.82, 2.24) is 9.55 Å². The third kappa shape index (κ3) is 6.66. The summed E-state index contributed by atoms with van der Waals surface area (Å²) in [5, 5.41) is 1.05. The number of furan rings is 1. The van der Waals surface area contributed by atoms with E-state index in [0.717, 1.165) is 53.4 Å². The van der Waals surface area contributed by atoms with Gasteiger partial charge >= 0.3 is 18.1 Å². The summed E-state index contributed by atoms with van der Waals surface area (Å²) in [6.45, 7) is 8.99. The minimum absolute atomic E-state index is 0.0651. The highest BCUT2D eigenvalue weighted by Crippen LogP contribution is 2.42. The zero-order chi connectivity index (χ0) is 34.8. The van der Waals surface area contributed by atoms with E-state index in [1.807, 2.05) is 25.1 Å². The van der Waals surface area contributed by atoms with Crippen LogP contribution >= 0.6 is 0 Å². The lowest BCUT2D eigenvalue weighted by atomic mass is 9.85. The normalized spacial score (nSPS) is 16.4. The first-order chi connectivity index (χ1) is 23.6. The van der Waals surface area contributed by atoms with Crippen LogP contribution in [0.4, 0.5) is 4.79 Å². The van der Waals surface area contributed by atoms with Gasteiger partial charge in [0.1, 0.15) is 6.61 Å². The summed E-state index contributed by atoms with van der Waals surface area (Å²) in [6.07, 6.45) is 3.59. The van der Waals surface area contributed by atoms with Crippen LogP contribution in [-0.4, -0.2) is 48.9 Å². The number of carbonyl (C=O) groups excluding carboxylic acids is 3. The molecule has 0 unspecified atom stereocenters. The zero-order valence-corrected chi connectivity index (χ0v) is 29.5. The molecule has 258 valence electrons. The van der Waals surface area contributed by atoms with Crippen LogP contribution in [-0.2, 0) is 48.9 Å². The monoisotopic (exact) mass is 686 g/mol. The number of cyclic esters (lactones) is 1. The minimum Gasteiger partial charge on any atom is -0.460 e. The van der Waals surface area contributed by atoms with E-state index in [1.54, 1.807) is 29.7 Å². The molecule has 1 aromatic carbocycles. The summed E-state index contributed by atoms with van der Waals surface area (Å²) < 4.78 is 28.7. The van der Waals surface area contributed by atoms with Crippen molar-refractivity contribution in [1.29, 1.82) is 0 Å². The molecule has 2 aliphatic heterocycles. The lowest BCUT2D eigenvalue weighted by Crippen LogP contribution is -2.47. The van der Waals surface area contributed by atoms with Gasteiger partial charge in [-0.3, -0.25) is 4.79 Å². The number of ether oxygens (including phenoxy) is 4. The van der Waals surface area contributed by atoms with Crippen LogP contribution in [0.15, 0.2) is 57.9 Å². The molecule has 5 heterocycles. The summed E-state index contributed by atoms with van der Waals surface area (Å²) >= 11 is 0. The second-order valence-corrected chi connectivity index (χ2v) is 18.8. The van der Waals surface area contributed by atoms with Crippen LogP contribution in [0.2, 0.25) is 25.2 Å². The molecule has 0 fully saturated rings. The van der Waals surface area contributed by atoms with Crippen molar-refractivity contribution in [3.8, 4) is 11.4 Å². The van der Waals surface area contributed by atoms with E-state index in [9.17, 15) is 19.2 Å². The fraction of sp³-hybridized carbons (Fsp3) is 0.432. The Labute approximate surface area is 285 Å². The molecule has 0 bridgehead atoms. The Bertz CT molecular complexity index is 1950. The number of nitrogens with zero attached hydrogens (tertiary/aromatic N) is 2. The molecule has 0 spiro atoms. The number of benzene rings is 1. The molecule has 0 radical (unpaired) electrons. The quantitative estimate of drug-likeness (QED) is 0.0544. The third-order valence-electron chi connectivity index (χ3n) is 9.66. The second-order valence-electron chi connectivity index (χ2n) is 13.4. The first-order valence-corrected chi connectivity index (χ1v) is 20.4. The highest BCUT2D eigenvalue weighted by atomic mass is 28.3. The molecule has 1 atom stereocenters. The highest BCUT2D eigenvalue weighted by Gasteiger charge is 2.51. The SMILES string of the molecule is CCCCOC(=O)O[C@]1(CC)C(=O)OCc2c1cc1n(c2=O)Cc2c-1nc1ccccc1c2CC[Si](C)(C)CCCOC(=O)c1ccco1. The number of fused-ring (bicyclic) bond motifs is 5. The van der Waals surface area contributed by atoms with Crippen LogP contribution in [0.1, 0.15) is 72.3 Å². The molecule has 2 aliphatic rings. The van der Waals surface area contributed by atoms with Crippen molar-refractivity contribution in [2.75, 3.05) is 13.2 Å². The van der Waals surface area contributed by atoms with Gasteiger partial charge in [-0.05, 0) is 55.5 Å². The molecule has 0 saturated heterocycles. The average Bonchev–Trinajstić information content (AvgIpc) is 3.76. The van der Waals surface area contributed by atoms with E-state index in [0.29, 0.717) is 36.5 Å². The third-order valence-corrected chi connectivity index (χ3v) is 13.0. The number of para-hydroxylation sites is 1. The van der Waals surface area contributed by atoms with Crippen LogP contribution in [0, 0.1) is 0 Å². The van der Waals surface area contributed by atoms with Gasteiger partial charge in [0.25, 0.3) is 5.56 Å². The predicted octanol–water partition coefficient (Wildman–Crippen LogP) is 7.13. The zero-order valence-electron chi connectivity index (χ0n) is 28.5. The fourth-order valence-corrected chi connectivity index (χ4v) is 9.08. The molecule has 11 nitrogen and oxygen atoms in total. The Hall–Kier alpha value is -4.71. The van der Waals surface area contributed by atoms with Crippen molar-refractivity contribution in [2.45, 2.75) is 89.9 Å². The van der Waals surface area contributed by atoms with Crippen LogP contribution in [0.25, 0.3) is 22.3 Å². The van der Waals surface area contributed by atoms with E-state index in [1.165, 1.54) is 6.26 Å². The van der Waals surface area contributed by atoms with Gasteiger partial charge in [-0.15, -0.1) is 0 Å². The predicted molar refractivity (Wildman–Crippen MR) is 184 cm³/mol. The molecule has 6 rings (SSSR count). The molecule has 0 amide bonds. The fourth-order valence-electron chi connectivity index (χ4n) is 6.80. The molecule has 0 aliphatic carbocycles. The van der Waals surface area contributed by atoms with Crippen molar-refractivity contribution in [3.05, 3.63) is 87.1 Å². The maximum Gasteiger partial charge on any atom is 0.509 e. The number of carbonyl (C=O) groups is 3. The first kappa shape index (κ1) is 34.2. The Kier molecular flexibility index (Phi) is 9.78. The molecule has 12 heteroatoms. The molecular formula is C37H42N2O9Si. The maximum atomic E-state index is 14.1. The number of rotatable bonds is 13. The molecular weight excluding hydrogens is 644 g/mol. The number of pyridine rings is 2. The number of aromatic nitrogens is 2. The summed E-state index contributed by atoms with van der Waals surface area (Å²) in [5.74, 6) is -0.981. The standard InChI is InChI=1S/C37H42N2O9Si/c1-5-7-16-46-36(43)48-37(6-2)28-21-30-32-26(22-39(30)33(40)27(28)23-47-35(37)42)24(25-12-8-9-13-29(25)38-32)15-20-49(3,4)19-11-18-45-34(41)31-14-10-17-44-31/h8-10,12-14,17,21H,5-7,11,15-16,18-20,22-23H2,1-4H3/t37-/m0/s1. The Morgan fingerprint density at radius 1 is 1.00 bits per heavy atom. The van der Waals surface area contributed by atoms with Gasteiger partial charge in [-0.25, -0.2) is 19.4 Å². The topological polar surface area (TPSA) is 136 Å². The molecule has 0 saturated carbocycles. The van der Waals surface area contributed by atoms with Gasteiger partial charge in [0, 0.05) is 24.6 Å². The smallest absolute Gasteiger partial charge is 0.460 e. The van der Waals surface area contributed by atoms with Gasteiger partial charge in [0.15, 0.2) is 0 Å². The number of unbranched alkanes of at least 4 members (excludes halogenated alkanes) is 1. The maximum absolute atomic E-state index is 14.1. The van der Waals surface area contributed by atoms with E-state index < -0.39 is 31.8 Å². The van der Waals surface area contributed by atoms with Gasteiger partial charge in [-0.2, -0.15) is 0 Å². The average molecular weight is 687 g/mol.